The minimum Gasteiger partial charge on any atom is -0.389 e. The molecule has 212 valence electrons. The number of nitrogens with one attached hydrogen (secondary N) is 2. The van der Waals surface area contributed by atoms with Crippen LogP contribution in [0.1, 0.15) is 68.7 Å². The maximum absolute atomic E-state index is 13.9. The largest absolute Gasteiger partial charge is 0.389 e. The van der Waals surface area contributed by atoms with Gasteiger partial charge in [-0.25, -0.2) is 13.8 Å². The molecule has 3 heterocycles. The first-order valence-corrected chi connectivity index (χ1v) is 14.6. The SMILES string of the molecule is Cc1csc(C2CCCN2C(=O)c2cc(Cl)cc(C(=O)NC(Cc3cc(F)cc(F)c3)C(O)C3CCCN3)c2)n1. The smallest absolute Gasteiger partial charge is 0.254 e. The van der Waals surface area contributed by atoms with Crippen molar-refractivity contribution in [2.75, 3.05) is 13.1 Å². The van der Waals surface area contributed by atoms with Gasteiger partial charge in [0.05, 0.1) is 18.2 Å². The highest BCUT2D eigenvalue weighted by Gasteiger charge is 2.34. The minimum absolute atomic E-state index is 0.00874. The van der Waals surface area contributed by atoms with Gasteiger partial charge < -0.3 is 20.6 Å². The predicted molar refractivity (Wildman–Crippen MR) is 150 cm³/mol. The Labute approximate surface area is 240 Å². The van der Waals surface area contributed by atoms with Crippen LogP contribution < -0.4 is 10.6 Å². The number of hydrogen-bond donors (Lipinski definition) is 3. The maximum Gasteiger partial charge on any atom is 0.254 e. The molecule has 0 aliphatic carbocycles. The zero-order valence-electron chi connectivity index (χ0n) is 22.0. The van der Waals surface area contributed by atoms with E-state index >= 15 is 0 Å². The second-order valence-electron chi connectivity index (χ2n) is 10.5. The maximum atomic E-state index is 13.9. The van der Waals surface area contributed by atoms with Crippen molar-refractivity contribution in [2.45, 2.75) is 63.3 Å². The number of aliphatic hydroxyl groups is 1. The first-order valence-electron chi connectivity index (χ1n) is 13.4. The Morgan fingerprint density at radius 1 is 1.15 bits per heavy atom. The molecule has 0 radical (unpaired) electrons. The molecule has 5 rings (SSSR count). The molecule has 4 unspecified atom stereocenters. The molecule has 3 N–H and O–H groups in total. The minimum atomic E-state index is -1.01. The Hall–Kier alpha value is -2.92. The Bertz CT molecular complexity index is 1380. The fourth-order valence-corrected chi connectivity index (χ4v) is 6.75. The number of likely N-dealkylation sites (tertiary alicyclic amines) is 1. The van der Waals surface area contributed by atoms with Crippen LogP contribution in [-0.2, 0) is 6.42 Å². The zero-order chi connectivity index (χ0) is 28.4. The Balaban J connectivity index is 1.37. The van der Waals surface area contributed by atoms with Crippen LogP contribution in [0.15, 0.2) is 41.8 Å². The van der Waals surface area contributed by atoms with E-state index < -0.39 is 29.7 Å². The number of aryl methyl sites for hydroxylation is 1. The second kappa shape index (κ2) is 12.3. The summed E-state index contributed by atoms with van der Waals surface area (Å²) in [6.07, 6.45) is 2.23. The lowest BCUT2D eigenvalue weighted by molar-refractivity contribution is 0.0733. The summed E-state index contributed by atoms with van der Waals surface area (Å²) in [6.45, 7) is 3.22. The molecule has 0 bridgehead atoms. The van der Waals surface area contributed by atoms with Crippen LogP contribution in [0, 0.1) is 18.6 Å². The van der Waals surface area contributed by atoms with Gasteiger partial charge in [0.2, 0.25) is 0 Å². The van der Waals surface area contributed by atoms with Crippen molar-refractivity contribution in [2.24, 2.45) is 0 Å². The molecule has 7 nitrogen and oxygen atoms in total. The van der Waals surface area contributed by atoms with Crippen LogP contribution in [0.3, 0.4) is 0 Å². The molecule has 2 aliphatic rings. The lowest BCUT2D eigenvalue weighted by Gasteiger charge is -2.29. The van der Waals surface area contributed by atoms with E-state index in [9.17, 15) is 23.5 Å². The third-order valence-electron chi connectivity index (χ3n) is 7.46. The monoisotopic (exact) mass is 588 g/mol. The van der Waals surface area contributed by atoms with Crippen LogP contribution >= 0.6 is 22.9 Å². The fourth-order valence-electron chi connectivity index (χ4n) is 5.58. The standard InChI is InChI=1S/C29H31ClF2N4O3S/c1-16-15-40-28(34-16)25-5-3-7-36(25)29(39)19-11-18(12-20(30)13-19)27(38)35-24(26(37)23-4-2-6-33-23)10-17-8-21(31)14-22(32)9-17/h8-9,11-15,23-26,33,37H,2-7,10H2,1H3,(H,35,38). The molecule has 0 saturated carbocycles. The van der Waals surface area contributed by atoms with Crippen LogP contribution in [0.25, 0.3) is 0 Å². The number of nitrogens with zero attached hydrogens (tertiary/aromatic N) is 2. The molecule has 2 aliphatic heterocycles. The topological polar surface area (TPSA) is 94.6 Å². The molecule has 11 heteroatoms. The first kappa shape index (κ1) is 28.6. The number of aromatic nitrogens is 1. The second-order valence-corrected chi connectivity index (χ2v) is 11.8. The molecule has 2 fully saturated rings. The highest BCUT2D eigenvalue weighted by molar-refractivity contribution is 7.09. The van der Waals surface area contributed by atoms with Gasteiger partial charge in [-0.15, -0.1) is 11.3 Å². The summed E-state index contributed by atoms with van der Waals surface area (Å²) in [5, 5.41) is 20.2. The van der Waals surface area contributed by atoms with Crippen molar-refractivity contribution < 1.29 is 23.5 Å². The number of rotatable bonds is 8. The van der Waals surface area contributed by atoms with Gasteiger partial charge in [-0.2, -0.15) is 0 Å². The number of aliphatic hydroxyl groups excluding tert-OH is 1. The number of hydrogen-bond acceptors (Lipinski definition) is 6. The van der Waals surface area contributed by atoms with Crippen LogP contribution in [0.4, 0.5) is 8.78 Å². The quantitative estimate of drug-likeness (QED) is 0.351. The van der Waals surface area contributed by atoms with Crippen molar-refractivity contribution in [1.82, 2.24) is 20.5 Å². The molecule has 2 aromatic carbocycles. The molecule has 2 amide bonds. The number of halogens is 3. The van der Waals surface area contributed by atoms with Crippen molar-refractivity contribution in [3.63, 3.8) is 0 Å². The van der Waals surface area contributed by atoms with Gasteiger partial charge in [-0.1, -0.05) is 11.6 Å². The summed E-state index contributed by atoms with van der Waals surface area (Å²) in [4.78, 5) is 33.4. The predicted octanol–water partition coefficient (Wildman–Crippen LogP) is 4.81. The summed E-state index contributed by atoms with van der Waals surface area (Å²) in [7, 11) is 0. The number of carbonyl (C=O) groups is 2. The Morgan fingerprint density at radius 2 is 1.90 bits per heavy atom. The molecule has 2 saturated heterocycles. The van der Waals surface area contributed by atoms with Crippen LogP contribution in [0.2, 0.25) is 5.02 Å². The molecular weight excluding hydrogens is 558 g/mol. The molecule has 0 spiro atoms. The van der Waals surface area contributed by atoms with Crippen LogP contribution in [0.5, 0.6) is 0 Å². The summed E-state index contributed by atoms with van der Waals surface area (Å²) in [6, 6.07) is 6.37. The van der Waals surface area contributed by atoms with E-state index in [1.165, 1.54) is 41.7 Å². The van der Waals surface area contributed by atoms with Crippen molar-refractivity contribution >= 4 is 34.8 Å². The summed E-state index contributed by atoms with van der Waals surface area (Å²) >= 11 is 7.89. The zero-order valence-corrected chi connectivity index (χ0v) is 23.6. The van der Waals surface area contributed by atoms with Gasteiger partial charge in [0.15, 0.2) is 0 Å². The molecule has 1 aromatic heterocycles. The summed E-state index contributed by atoms with van der Waals surface area (Å²) in [5.41, 5.74) is 1.64. The molecule has 3 aromatic rings. The van der Waals surface area contributed by atoms with Crippen molar-refractivity contribution in [3.8, 4) is 0 Å². The van der Waals surface area contributed by atoms with Gasteiger partial charge in [-0.3, -0.25) is 9.59 Å². The number of amides is 2. The van der Waals surface area contributed by atoms with Gasteiger partial charge in [-0.05, 0) is 81.5 Å². The van der Waals surface area contributed by atoms with Crippen molar-refractivity contribution in [3.05, 3.63) is 85.8 Å². The third kappa shape index (κ3) is 6.52. The lowest BCUT2D eigenvalue weighted by Crippen LogP contribution is -2.52. The average Bonchev–Trinajstić information content (AvgIpc) is 3.68. The van der Waals surface area contributed by atoms with E-state index in [1.807, 2.05) is 12.3 Å². The number of benzene rings is 2. The lowest BCUT2D eigenvalue weighted by atomic mass is 9.95. The summed E-state index contributed by atoms with van der Waals surface area (Å²) in [5.74, 6) is -2.27. The normalized spacial score (nSPS) is 20.5. The number of carbonyl (C=O) groups excluding carboxylic acids is 2. The molecule has 4 atom stereocenters. The van der Waals surface area contributed by atoms with E-state index in [2.05, 4.69) is 15.6 Å². The van der Waals surface area contributed by atoms with Gasteiger partial charge in [0.1, 0.15) is 16.6 Å². The van der Waals surface area contributed by atoms with E-state index in [-0.39, 0.29) is 40.6 Å². The van der Waals surface area contributed by atoms with E-state index in [1.54, 1.807) is 4.90 Å². The highest BCUT2D eigenvalue weighted by atomic mass is 35.5. The molecular formula is C29H31ClF2N4O3S. The Morgan fingerprint density at radius 3 is 2.58 bits per heavy atom. The van der Waals surface area contributed by atoms with Gasteiger partial charge >= 0.3 is 0 Å². The van der Waals surface area contributed by atoms with Crippen LogP contribution in [-0.4, -0.2) is 58.1 Å². The van der Waals surface area contributed by atoms with Crippen molar-refractivity contribution in [1.29, 1.82) is 0 Å². The van der Waals surface area contributed by atoms with E-state index in [0.717, 1.165) is 42.6 Å². The van der Waals surface area contributed by atoms with E-state index in [4.69, 9.17) is 11.6 Å². The third-order valence-corrected chi connectivity index (χ3v) is 8.74. The fraction of sp³-hybridized carbons (Fsp3) is 0.414. The first-order chi connectivity index (χ1) is 19.2. The average molecular weight is 589 g/mol. The van der Waals surface area contributed by atoms with Gasteiger partial charge in [0.25, 0.3) is 11.8 Å². The van der Waals surface area contributed by atoms with E-state index in [0.29, 0.717) is 18.5 Å². The van der Waals surface area contributed by atoms with Gasteiger partial charge in [0, 0.05) is 45.9 Å². The Kier molecular flexibility index (Phi) is 8.80. The highest BCUT2D eigenvalue weighted by Crippen LogP contribution is 2.35. The molecule has 40 heavy (non-hydrogen) atoms. The number of thiazole rings is 1. The summed E-state index contributed by atoms with van der Waals surface area (Å²) < 4.78 is 27.8.